The molecule has 106 valence electrons. The Kier molecular flexibility index (Phi) is 4.93. The van der Waals surface area contributed by atoms with Crippen molar-refractivity contribution in [3.05, 3.63) is 36.0 Å². The second kappa shape index (κ2) is 6.89. The standard InChI is InChI=1S/C16H21N3O/c1-2-3-4-5-11-18-16(20)14-10-9-12-7-6-8-13(17)15(12)19-14/h6-10H,2-5,11,17H2,1H3,(H,18,20). The zero-order valence-corrected chi connectivity index (χ0v) is 11.9. The molecule has 0 saturated heterocycles. The predicted octanol–water partition coefficient (Wildman–Crippen LogP) is 3.13. The molecule has 0 atom stereocenters. The molecule has 0 saturated carbocycles. The summed E-state index contributed by atoms with van der Waals surface area (Å²) in [7, 11) is 0. The zero-order valence-electron chi connectivity index (χ0n) is 11.9. The Morgan fingerprint density at radius 2 is 2.05 bits per heavy atom. The molecule has 4 heteroatoms. The van der Waals surface area contributed by atoms with Crippen molar-refractivity contribution in [3.8, 4) is 0 Å². The number of nitrogens with zero attached hydrogens (tertiary/aromatic N) is 1. The van der Waals surface area contributed by atoms with Crippen molar-refractivity contribution in [1.82, 2.24) is 10.3 Å². The lowest BCUT2D eigenvalue weighted by atomic mass is 10.1. The molecule has 1 aromatic carbocycles. The molecule has 2 aromatic rings. The van der Waals surface area contributed by atoms with Crippen LogP contribution in [0.4, 0.5) is 5.69 Å². The third-order valence-electron chi connectivity index (χ3n) is 3.30. The lowest BCUT2D eigenvalue weighted by molar-refractivity contribution is 0.0948. The quantitative estimate of drug-likeness (QED) is 0.626. The van der Waals surface area contributed by atoms with Gasteiger partial charge in [0.2, 0.25) is 0 Å². The van der Waals surface area contributed by atoms with Gasteiger partial charge in [0.15, 0.2) is 0 Å². The summed E-state index contributed by atoms with van der Waals surface area (Å²) in [5.74, 6) is -0.133. The molecule has 0 fully saturated rings. The largest absolute Gasteiger partial charge is 0.397 e. The maximum atomic E-state index is 12.0. The Morgan fingerprint density at radius 3 is 2.85 bits per heavy atom. The van der Waals surface area contributed by atoms with Crippen LogP contribution in [0.3, 0.4) is 0 Å². The Labute approximate surface area is 119 Å². The second-order valence-electron chi connectivity index (χ2n) is 4.93. The van der Waals surface area contributed by atoms with E-state index >= 15 is 0 Å². The highest BCUT2D eigenvalue weighted by molar-refractivity contribution is 5.97. The summed E-state index contributed by atoms with van der Waals surface area (Å²) in [5.41, 5.74) is 7.59. The number of aromatic nitrogens is 1. The number of nitrogens with one attached hydrogen (secondary N) is 1. The van der Waals surface area contributed by atoms with Crippen LogP contribution in [-0.4, -0.2) is 17.4 Å². The maximum Gasteiger partial charge on any atom is 0.269 e. The average Bonchev–Trinajstić information content (AvgIpc) is 2.47. The Balaban J connectivity index is 2.01. The van der Waals surface area contributed by atoms with Crippen molar-refractivity contribution in [1.29, 1.82) is 0 Å². The Hall–Kier alpha value is -2.10. The van der Waals surface area contributed by atoms with Gasteiger partial charge in [-0.05, 0) is 18.6 Å². The van der Waals surface area contributed by atoms with E-state index in [4.69, 9.17) is 5.73 Å². The van der Waals surface area contributed by atoms with Gasteiger partial charge in [-0.1, -0.05) is 44.4 Å². The van der Waals surface area contributed by atoms with Gasteiger partial charge in [-0.25, -0.2) is 4.98 Å². The van der Waals surface area contributed by atoms with Crippen LogP contribution in [0, 0.1) is 0 Å². The van der Waals surface area contributed by atoms with E-state index in [2.05, 4.69) is 17.2 Å². The summed E-state index contributed by atoms with van der Waals surface area (Å²) in [4.78, 5) is 16.4. The number of carbonyl (C=O) groups is 1. The summed E-state index contributed by atoms with van der Waals surface area (Å²) in [6, 6.07) is 9.23. The van der Waals surface area contributed by atoms with Crippen LogP contribution >= 0.6 is 0 Å². The molecule has 20 heavy (non-hydrogen) atoms. The Morgan fingerprint density at radius 1 is 1.20 bits per heavy atom. The molecule has 1 amide bonds. The first-order valence-electron chi connectivity index (χ1n) is 7.16. The van der Waals surface area contributed by atoms with E-state index in [1.165, 1.54) is 12.8 Å². The maximum absolute atomic E-state index is 12.0. The molecule has 0 radical (unpaired) electrons. The molecule has 0 bridgehead atoms. The molecule has 2 rings (SSSR count). The first-order valence-corrected chi connectivity index (χ1v) is 7.16. The number of hydrogen-bond acceptors (Lipinski definition) is 3. The molecule has 0 unspecified atom stereocenters. The second-order valence-corrected chi connectivity index (χ2v) is 4.93. The van der Waals surface area contributed by atoms with Gasteiger partial charge in [-0.15, -0.1) is 0 Å². The average molecular weight is 271 g/mol. The van der Waals surface area contributed by atoms with Gasteiger partial charge in [0, 0.05) is 11.9 Å². The SMILES string of the molecule is CCCCCCNC(=O)c1ccc2cccc(N)c2n1. The van der Waals surface area contributed by atoms with E-state index < -0.39 is 0 Å². The van der Waals surface area contributed by atoms with Crippen LogP contribution in [-0.2, 0) is 0 Å². The van der Waals surface area contributed by atoms with Crippen molar-refractivity contribution in [2.75, 3.05) is 12.3 Å². The molecule has 0 aliphatic carbocycles. The predicted molar refractivity (Wildman–Crippen MR) is 82.6 cm³/mol. The van der Waals surface area contributed by atoms with E-state index in [0.29, 0.717) is 23.4 Å². The van der Waals surface area contributed by atoms with Gasteiger partial charge in [0.05, 0.1) is 11.2 Å². The molecule has 1 aromatic heterocycles. The lowest BCUT2D eigenvalue weighted by Gasteiger charge is -2.06. The molecular weight excluding hydrogens is 250 g/mol. The van der Waals surface area contributed by atoms with E-state index in [1.54, 1.807) is 12.1 Å². The lowest BCUT2D eigenvalue weighted by Crippen LogP contribution is -2.25. The summed E-state index contributed by atoms with van der Waals surface area (Å²) in [6.07, 6.45) is 4.56. The highest BCUT2D eigenvalue weighted by Crippen LogP contribution is 2.18. The van der Waals surface area contributed by atoms with Gasteiger partial charge in [-0.3, -0.25) is 4.79 Å². The minimum absolute atomic E-state index is 0.133. The van der Waals surface area contributed by atoms with Gasteiger partial charge >= 0.3 is 0 Å². The van der Waals surface area contributed by atoms with Crippen LogP contribution in [0.25, 0.3) is 10.9 Å². The van der Waals surface area contributed by atoms with Gasteiger partial charge in [0.25, 0.3) is 5.91 Å². The normalized spacial score (nSPS) is 10.7. The molecular formula is C16H21N3O. The van der Waals surface area contributed by atoms with Crippen LogP contribution in [0.2, 0.25) is 0 Å². The third kappa shape index (κ3) is 3.47. The number of carbonyl (C=O) groups excluding carboxylic acids is 1. The molecule has 1 heterocycles. The van der Waals surface area contributed by atoms with Gasteiger partial charge < -0.3 is 11.1 Å². The molecule has 4 nitrogen and oxygen atoms in total. The van der Waals surface area contributed by atoms with Crippen molar-refractivity contribution in [2.45, 2.75) is 32.6 Å². The van der Waals surface area contributed by atoms with E-state index in [-0.39, 0.29) is 5.91 Å². The number of fused-ring (bicyclic) bond motifs is 1. The first kappa shape index (κ1) is 14.3. The molecule has 0 spiro atoms. The highest BCUT2D eigenvalue weighted by atomic mass is 16.1. The fourth-order valence-corrected chi connectivity index (χ4v) is 2.14. The number of anilines is 1. The number of rotatable bonds is 6. The van der Waals surface area contributed by atoms with Crippen LogP contribution < -0.4 is 11.1 Å². The van der Waals surface area contributed by atoms with E-state index in [9.17, 15) is 4.79 Å². The molecule has 3 N–H and O–H groups in total. The first-order chi connectivity index (χ1) is 9.72. The number of benzene rings is 1. The minimum atomic E-state index is -0.133. The molecule has 0 aliphatic heterocycles. The number of nitrogens with two attached hydrogens (primary N) is 1. The summed E-state index contributed by atoms with van der Waals surface area (Å²) < 4.78 is 0. The zero-order chi connectivity index (χ0) is 14.4. The summed E-state index contributed by atoms with van der Waals surface area (Å²) in [5, 5.41) is 3.85. The monoisotopic (exact) mass is 271 g/mol. The number of para-hydroxylation sites is 1. The van der Waals surface area contributed by atoms with Crippen LogP contribution in [0.1, 0.15) is 43.1 Å². The number of pyridine rings is 1. The van der Waals surface area contributed by atoms with Crippen molar-refractivity contribution in [2.24, 2.45) is 0 Å². The van der Waals surface area contributed by atoms with Crippen LogP contribution in [0.5, 0.6) is 0 Å². The fourth-order valence-electron chi connectivity index (χ4n) is 2.14. The van der Waals surface area contributed by atoms with Gasteiger partial charge in [-0.2, -0.15) is 0 Å². The third-order valence-corrected chi connectivity index (χ3v) is 3.30. The summed E-state index contributed by atoms with van der Waals surface area (Å²) in [6.45, 7) is 2.87. The Bertz CT molecular complexity index is 595. The van der Waals surface area contributed by atoms with Crippen molar-refractivity contribution in [3.63, 3.8) is 0 Å². The van der Waals surface area contributed by atoms with Crippen LogP contribution in [0.15, 0.2) is 30.3 Å². The fraction of sp³-hybridized carbons (Fsp3) is 0.375. The smallest absolute Gasteiger partial charge is 0.269 e. The summed E-state index contributed by atoms with van der Waals surface area (Å²) >= 11 is 0. The topological polar surface area (TPSA) is 68.0 Å². The number of unbranched alkanes of at least 4 members (excludes halogenated alkanes) is 3. The van der Waals surface area contributed by atoms with Gasteiger partial charge in [0.1, 0.15) is 5.69 Å². The van der Waals surface area contributed by atoms with E-state index in [0.717, 1.165) is 18.2 Å². The number of nitrogen functional groups attached to an aromatic ring is 1. The number of amides is 1. The minimum Gasteiger partial charge on any atom is -0.397 e. The van der Waals surface area contributed by atoms with E-state index in [1.807, 2.05) is 18.2 Å². The highest BCUT2D eigenvalue weighted by Gasteiger charge is 2.08. The van der Waals surface area contributed by atoms with Crippen molar-refractivity contribution >= 4 is 22.5 Å². The van der Waals surface area contributed by atoms with Crippen molar-refractivity contribution < 1.29 is 4.79 Å². The number of hydrogen-bond donors (Lipinski definition) is 2. The molecule has 0 aliphatic rings.